The van der Waals surface area contributed by atoms with Crippen molar-refractivity contribution in [1.82, 2.24) is 15.0 Å². The highest BCUT2D eigenvalue weighted by Gasteiger charge is 2.13. The largest absolute Gasteiger partial charge is 0.255 e. The SMILES string of the molecule is c1ccc(-c2nc(-c3ccccn3)c3ccc4ccccc4c3n2)cc1. The molecule has 0 aliphatic rings. The van der Waals surface area contributed by atoms with Gasteiger partial charge < -0.3 is 0 Å². The summed E-state index contributed by atoms with van der Waals surface area (Å²) in [7, 11) is 0. The van der Waals surface area contributed by atoms with Crippen LogP contribution in [0, 0.1) is 0 Å². The second kappa shape index (κ2) is 6.05. The topological polar surface area (TPSA) is 38.7 Å². The second-order valence-corrected chi connectivity index (χ2v) is 6.16. The zero-order chi connectivity index (χ0) is 17.3. The Morgan fingerprint density at radius 3 is 2.23 bits per heavy atom. The first kappa shape index (κ1) is 14.7. The molecule has 0 unspecified atom stereocenters. The summed E-state index contributed by atoms with van der Waals surface area (Å²) in [4.78, 5) is 14.3. The molecule has 0 bridgehead atoms. The van der Waals surface area contributed by atoms with Crippen molar-refractivity contribution in [2.45, 2.75) is 0 Å². The lowest BCUT2D eigenvalue weighted by molar-refractivity contribution is 1.20. The fraction of sp³-hybridized carbons (Fsp3) is 0. The third-order valence-corrected chi connectivity index (χ3v) is 4.53. The summed E-state index contributed by atoms with van der Waals surface area (Å²) in [5.41, 5.74) is 3.67. The van der Waals surface area contributed by atoms with Gasteiger partial charge in [0.2, 0.25) is 0 Å². The van der Waals surface area contributed by atoms with E-state index in [4.69, 9.17) is 9.97 Å². The summed E-state index contributed by atoms with van der Waals surface area (Å²) in [6.07, 6.45) is 1.80. The molecule has 0 radical (unpaired) electrons. The Balaban J connectivity index is 1.91. The van der Waals surface area contributed by atoms with Crippen molar-refractivity contribution in [2.75, 3.05) is 0 Å². The molecule has 0 spiro atoms. The summed E-state index contributed by atoms with van der Waals surface area (Å²) < 4.78 is 0. The Hall–Kier alpha value is -3.59. The molecule has 3 aromatic carbocycles. The van der Waals surface area contributed by atoms with Gasteiger partial charge >= 0.3 is 0 Å². The zero-order valence-electron chi connectivity index (χ0n) is 14.0. The van der Waals surface area contributed by atoms with Crippen LogP contribution in [0.5, 0.6) is 0 Å². The standard InChI is InChI=1S/C23H15N3/c1-2-9-17(10-3-1)23-25-21-18-11-5-4-8-16(18)13-14-19(21)22(26-23)20-12-6-7-15-24-20/h1-15H. The van der Waals surface area contributed by atoms with Crippen molar-refractivity contribution in [3.8, 4) is 22.8 Å². The summed E-state index contributed by atoms with van der Waals surface area (Å²) in [5.74, 6) is 0.718. The average Bonchev–Trinajstić information content (AvgIpc) is 2.74. The van der Waals surface area contributed by atoms with Crippen molar-refractivity contribution < 1.29 is 0 Å². The molecule has 5 rings (SSSR count). The Kier molecular flexibility index (Phi) is 3.42. The van der Waals surface area contributed by atoms with Crippen LogP contribution >= 0.6 is 0 Å². The number of rotatable bonds is 2. The molecule has 122 valence electrons. The van der Waals surface area contributed by atoms with E-state index >= 15 is 0 Å². The average molecular weight is 333 g/mol. The van der Waals surface area contributed by atoms with Crippen molar-refractivity contribution in [2.24, 2.45) is 0 Å². The Labute approximate surface area is 151 Å². The van der Waals surface area contributed by atoms with Gasteiger partial charge in [0.25, 0.3) is 0 Å². The van der Waals surface area contributed by atoms with Gasteiger partial charge in [-0.2, -0.15) is 0 Å². The van der Waals surface area contributed by atoms with Gasteiger partial charge in [-0.05, 0) is 23.6 Å². The summed E-state index contributed by atoms with van der Waals surface area (Å²) in [5, 5.41) is 3.31. The predicted molar refractivity (Wildman–Crippen MR) is 106 cm³/mol. The number of pyridine rings is 1. The highest BCUT2D eigenvalue weighted by Crippen LogP contribution is 2.32. The fourth-order valence-corrected chi connectivity index (χ4v) is 3.28. The molecule has 0 saturated carbocycles. The number of fused-ring (bicyclic) bond motifs is 3. The van der Waals surface area contributed by atoms with Crippen LogP contribution < -0.4 is 0 Å². The van der Waals surface area contributed by atoms with E-state index in [1.807, 2.05) is 60.7 Å². The second-order valence-electron chi connectivity index (χ2n) is 6.16. The molecule has 3 nitrogen and oxygen atoms in total. The molecule has 0 atom stereocenters. The lowest BCUT2D eigenvalue weighted by Crippen LogP contribution is -1.96. The van der Waals surface area contributed by atoms with Crippen molar-refractivity contribution in [3.05, 3.63) is 91.1 Å². The van der Waals surface area contributed by atoms with E-state index in [1.54, 1.807) is 6.20 Å². The van der Waals surface area contributed by atoms with E-state index in [0.717, 1.165) is 39.1 Å². The van der Waals surface area contributed by atoms with Gasteiger partial charge in [0.05, 0.1) is 11.2 Å². The van der Waals surface area contributed by atoms with E-state index in [-0.39, 0.29) is 0 Å². The molecule has 2 heterocycles. The van der Waals surface area contributed by atoms with Gasteiger partial charge in [-0.25, -0.2) is 9.97 Å². The number of hydrogen-bond donors (Lipinski definition) is 0. The maximum absolute atomic E-state index is 4.92. The van der Waals surface area contributed by atoms with Crippen LogP contribution in [0.25, 0.3) is 44.5 Å². The molecule has 2 aromatic heterocycles. The molecule has 0 amide bonds. The molecule has 26 heavy (non-hydrogen) atoms. The Morgan fingerprint density at radius 2 is 1.38 bits per heavy atom. The summed E-state index contributed by atoms with van der Waals surface area (Å²) in [6, 6.07) is 28.5. The molecule has 0 aliphatic carbocycles. The molecule has 0 fully saturated rings. The monoisotopic (exact) mass is 333 g/mol. The number of aromatic nitrogens is 3. The first-order valence-corrected chi connectivity index (χ1v) is 8.56. The van der Waals surface area contributed by atoms with Gasteiger partial charge in [-0.3, -0.25) is 4.98 Å². The molecule has 3 heteroatoms. The number of nitrogens with zero attached hydrogens (tertiary/aromatic N) is 3. The first-order chi connectivity index (χ1) is 12.9. The van der Waals surface area contributed by atoms with Crippen LogP contribution in [0.3, 0.4) is 0 Å². The summed E-state index contributed by atoms with van der Waals surface area (Å²) >= 11 is 0. The minimum Gasteiger partial charge on any atom is -0.255 e. The highest BCUT2D eigenvalue weighted by atomic mass is 14.9. The van der Waals surface area contributed by atoms with Crippen LogP contribution in [0.15, 0.2) is 91.1 Å². The lowest BCUT2D eigenvalue weighted by Gasteiger charge is -2.10. The Bertz CT molecular complexity index is 1220. The molecule has 0 saturated heterocycles. The van der Waals surface area contributed by atoms with Gasteiger partial charge in [0.1, 0.15) is 5.69 Å². The van der Waals surface area contributed by atoms with Crippen LogP contribution in [-0.4, -0.2) is 15.0 Å². The molecular formula is C23H15N3. The van der Waals surface area contributed by atoms with Crippen LogP contribution in [0.2, 0.25) is 0 Å². The normalized spacial score (nSPS) is 11.1. The summed E-state index contributed by atoms with van der Waals surface area (Å²) in [6.45, 7) is 0. The zero-order valence-corrected chi connectivity index (χ0v) is 14.0. The minimum atomic E-state index is 0.718. The fourth-order valence-electron chi connectivity index (χ4n) is 3.28. The van der Waals surface area contributed by atoms with Crippen LogP contribution in [0.4, 0.5) is 0 Å². The number of hydrogen-bond acceptors (Lipinski definition) is 3. The minimum absolute atomic E-state index is 0.718. The lowest BCUT2D eigenvalue weighted by atomic mass is 10.0. The van der Waals surface area contributed by atoms with Crippen molar-refractivity contribution in [1.29, 1.82) is 0 Å². The smallest absolute Gasteiger partial charge is 0.160 e. The van der Waals surface area contributed by atoms with E-state index in [1.165, 1.54) is 5.39 Å². The molecule has 0 N–H and O–H groups in total. The van der Waals surface area contributed by atoms with Crippen molar-refractivity contribution >= 4 is 21.7 Å². The van der Waals surface area contributed by atoms with E-state index in [0.29, 0.717) is 0 Å². The quantitative estimate of drug-likeness (QED) is 0.400. The third-order valence-electron chi connectivity index (χ3n) is 4.53. The first-order valence-electron chi connectivity index (χ1n) is 8.56. The van der Waals surface area contributed by atoms with E-state index in [2.05, 4.69) is 29.2 Å². The van der Waals surface area contributed by atoms with Crippen LogP contribution in [-0.2, 0) is 0 Å². The Morgan fingerprint density at radius 1 is 0.577 bits per heavy atom. The highest BCUT2D eigenvalue weighted by molar-refractivity contribution is 6.09. The van der Waals surface area contributed by atoms with Gasteiger partial charge in [-0.1, -0.05) is 66.7 Å². The van der Waals surface area contributed by atoms with Gasteiger partial charge in [0.15, 0.2) is 5.82 Å². The van der Waals surface area contributed by atoms with E-state index < -0.39 is 0 Å². The predicted octanol–water partition coefficient (Wildman–Crippen LogP) is 5.51. The van der Waals surface area contributed by atoms with Crippen LogP contribution in [0.1, 0.15) is 0 Å². The van der Waals surface area contributed by atoms with Gasteiger partial charge in [-0.15, -0.1) is 0 Å². The third kappa shape index (κ3) is 2.42. The molecular weight excluding hydrogens is 318 g/mol. The molecule has 0 aliphatic heterocycles. The van der Waals surface area contributed by atoms with Crippen molar-refractivity contribution in [3.63, 3.8) is 0 Å². The molecule has 5 aromatic rings. The van der Waals surface area contributed by atoms with Gasteiger partial charge in [0, 0.05) is 22.5 Å². The maximum Gasteiger partial charge on any atom is 0.160 e. The van der Waals surface area contributed by atoms with E-state index in [9.17, 15) is 0 Å². The number of benzene rings is 3. The maximum atomic E-state index is 4.92.